The summed E-state index contributed by atoms with van der Waals surface area (Å²) in [6, 6.07) is 4.95. The highest BCUT2D eigenvalue weighted by molar-refractivity contribution is 5.10. The van der Waals surface area contributed by atoms with Crippen molar-refractivity contribution < 1.29 is 4.74 Å². The van der Waals surface area contributed by atoms with Crippen LogP contribution in [0.15, 0.2) is 24.5 Å². The minimum atomic E-state index is 0.483. The number of aromatic nitrogens is 1. The topological polar surface area (TPSA) is 28.6 Å². The zero-order chi connectivity index (χ0) is 14.1. The summed E-state index contributed by atoms with van der Waals surface area (Å²) in [7, 11) is 0. The van der Waals surface area contributed by atoms with Crippen LogP contribution in [-0.4, -0.2) is 59.7 Å². The molecule has 3 aliphatic rings. The third-order valence-electron chi connectivity index (χ3n) is 5.08. The maximum absolute atomic E-state index is 6.10. The molecule has 0 bridgehead atoms. The molecule has 21 heavy (non-hydrogen) atoms. The Morgan fingerprint density at radius 3 is 2.81 bits per heavy atom. The summed E-state index contributed by atoms with van der Waals surface area (Å²) in [4.78, 5) is 9.32. The maximum atomic E-state index is 6.10. The molecule has 0 spiro atoms. The molecule has 0 radical (unpaired) electrons. The highest BCUT2D eigenvalue weighted by atomic mass is 16.5. The van der Waals surface area contributed by atoms with E-state index in [-0.39, 0.29) is 0 Å². The molecule has 1 saturated carbocycles. The molecule has 4 rings (SSSR count). The Morgan fingerprint density at radius 2 is 2.00 bits per heavy atom. The molecule has 0 unspecified atom stereocenters. The van der Waals surface area contributed by atoms with E-state index in [2.05, 4.69) is 26.9 Å². The van der Waals surface area contributed by atoms with E-state index in [9.17, 15) is 0 Å². The number of hydrogen-bond donors (Lipinski definition) is 0. The number of fused-ring (bicyclic) bond motifs is 1. The van der Waals surface area contributed by atoms with Crippen LogP contribution in [0.2, 0.25) is 0 Å². The Morgan fingerprint density at radius 1 is 1.14 bits per heavy atom. The molecule has 0 aromatic carbocycles. The van der Waals surface area contributed by atoms with Gasteiger partial charge >= 0.3 is 0 Å². The number of nitrogens with zero attached hydrogens (tertiary/aromatic N) is 3. The van der Waals surface area contributed by atoms with Crippen molar-refractivity contribution in [3.05, 3.63) is 30.1 Å². The first-order valence-electron chi connectivity index (χ1n) is 8.34. The van der Waals surface area contributed by atoms with E-state index in [1.807, 2.05) is 12.4 Å². The van der Waals surface area contributed by atoms with Gasteiger partial charge in [-0.05, 0) is 42.9 Å². The predicted octanol–water partition coefficient (Wildman–Crippen LogP) is 1.77. The van der Waals surface area contributed by atoms with Crippen LogP contribution >= 0.6 is 0 Å². The monoisotopic (exact) mass is 287 g/mol. The van der Waals surface area contributed by atoms with E-state index in [0.717, 1.165) is 25.6 Å². The van der Waals surface area contributed by atoms with Crippen LogP contribution in [-0.2, 0) is 11.3 Å². The van der Waals surface area contributed by atoms with E-state index in [0.29, 0.717) is 12.1 Å². The van der Waals surface area contributed by atoms with Gasteiger partial charge in [0.15, 0.2) is 0 Å². The molecule has 0 N–H and O–H groups in total. The van der Waals surface area contributed by atoms with Crippen molar-refractivity contribution in [2.75, 3.05) is 32.8 Å². The van der Waals surface area contributed by atoms with E-state index in [4.69, 9.17) is 4.74 Å². The van der Waals surface area contributed by atoms with Crippen molar-refractivity contribution in [1.29, 1.82) is 0 Å². The third-order valence-corrected chi connectivity index (χ3v) is 5.08. The van der Waals surface area contributed by atoms with Crippen molar-refractivity contribution in [2.24, 2.45) is 5.92 Å². The number of hydrogen-bond acceptors (Lipinski definition) is 4. The van der Waals surface area contributed by atoms with E-state index in [1.54, 1.807) is 0 Å². The molecule has 2 atom stereocenters. The van der Waals surface area contributed by atoms with Crippen molar-refractivity contribution in [1.82, 2.24) is 14.8 Å². The fraction of sp³-hybridized carbons (Fsp3) is 0.706. The Hall–Kier alpha value is -0.970. The normalized spacial score (nSPS) is 30.5. The van der Waals surface area contributed by atoms with Gasteiger partial charge in [-0.15, -0.1) is 0 Å². The van der Waals surface area contributed by atoms with Gasteiger partial charge in [0.05, 0.1) is 6.10 Å². The van der Waals surface area contributed by atoms with Crippen LogP contribution in [0.4, 0.5) is 0 Å². The lowest BCUT2D eigenvalue weighted by atomic mass is 10.1. The first-order chi connectivity index (χ1) is 10.4. The average molecular weight is 287 g/mol. The van der Waals surface area contributed by atoms with E-state index >= 15 is 0 Å². The Labute approximate surface area is 127 Å². The number of rotatable bonds is 5. The molecule has 1 aromatic heterocycles. The lowest BCUT2D eigenvalue weighted by Gasteiger charge is -2.37. The zero-order valence-corrected chi connectivity index (χ0v) is 12.7. The molecule has 4 heteroatoms. The van der Waals surface area contributed by atoms with Gasteiger partial charge < -0.3 is 4.74 Å². The van der Waals surface area contributed by atoms with Gasteiger partial charge in [0, 0.05) is 57.8 Å². The van der Waals surface area contributed by atoms with Gasteiger partial charge in [-0.2, -0.15) is 0 Å². The lowest BCUT2D eigenvalue weighted by molar-refractivity contribution is 0.0508. The highest BCUT2D eigenvalue weighted by Gasteiger charge is 2.37. The van der Waals surface area contributed by atoms with Crippen LogP contribution in [0.3, 0.4) is 0 Å². The maximum Gasteiger partial charge on any atom is 0.0717 e. The first-order valence-corrected chi connectivity index (χ1v) is 8.34. The highest BCUT2D eigenvalue weighted by Crippen LogP contribution is 2.31. The second-order valence-electron chi connectivity index (χ2n) is 6.87. The van der Waals surface area contributed by atoms with Crippen molar-refractivity contribution in [2.45, 2.75) is 38.0 Å². The fourth-order valence-corrected chi connectivity index (χ4v) is 3.63. The Balaban J connectivity index is 1.28. The minimum absolute atomic E-state index is 0.483. The lowest BCUT2D eigenvalue weighted by Crippen LogP contribution is -2.49. The van der Waals surface area contributed by atoms with Gasteiger partial charge in [0.25, 0.3) is 0 Å². The smallest absolute Gasteiger partial charge is 0.0717 e. The molecule has 1 aliphatic carbocycles. The van der Waals surface area contributed by atoms with Gasteiger partial charge in [-0.25, -0.2) is 0 Å². The molecule has 3 fully saturated rings. The summed E-state index contributed by atoms with van der Waals surface area (Å²) in [6.07, 6.45) is 8.27. The van der Waals surface area contributed by atoms with Gasteiger partial charge in [0.2, 0.25) is 0 Å². The fourth-order valence-electron chi connectivity index (χ4n) is 3.63. The molecule has 4 nitrogen and oxygen atoms in total. The van der Waals surface area contributed by atoms with Gasteiger partial charge in [-0.3, -0.25) is 14.8 Å². The van der Waals surface area contributed by atoms with Crippen LogP contribution in [0, 0.1) is 5.92 Å². The molecule has 2 aliphatic heterocycles. The summed E-state index contributed by atoms with van der Waals surface area (Å²) in [5.74, 6) is 0.880. The standard InChI is InChI=1S/C17H25N3O/c1-2-15(1)13-21-17-9-16-11-19(7-8-20(16)12-17)10-14-3-5-18-6-4-14/h3-6,15-17H,1-2,7-13H2/t16-,17+/m0/s1. The van der Waals surface area contributed by atoms with Crippen LogP contribution in [0.1, 0.15) is 24.8 Å². The second kappa shape index (κ2) is 6.03. The largest absolute Gasteiger partial charge is 0.377 e. The Bertz CT molecular complexity index is 462. The SMILES string of the molecule is c1cc(CN2CCN3C[C@H](OCC4CC4)C[C@H]3C2)ccn1. The summed E-state index contributed by atoms with van der Waals surface area (Å²) < 4.78 is 6.10. The van der Waals surface area contributed by atoms with Gasteiger partial charge in [0.1, 0.15) is 0 Å². The molecule has 2 saturated heterocycles. The number of ether oxygens (including phenoxy) is 1. The summed E-state index contributed by atoms with van der Waals surface area (Å²) >= 11 is 0. The van der Waals surface area contributed by atoms with Crippen LogP contribution < -0.4 is 0 Å². The van der Waals surface area contributed by atoms with Crippen molar-refractivity contribution in [3.8, 4) is 0 Å². The molecular formula is C17H25N3O. The van der Waals surface area contributed by atoms with Crippen LogP contribution in [0.5, 0.6) is 0 Å². The average Bonchev–Trinajstić information content (AvgIpc) is 3.25. The van der Waals surface area contributed by atoms with E-state index < -0.39 is 0 Å². The molecular weight excluding hydrogens is 262 g/mol. The first kappa shape index (κ1) is 13.7. The molecule has 114 valence electrons. The number of piperazine rings is 1. The molecule has 1 aromatic rings. The zero-order valence-electron chi connectivity index (χ0n) is 12.7. The predicted molar refractivity (Wildman–Crippen MR) is 82.0 cm³/mol. The van der Waals surface area contributed by atoms with Gasteiger partial charge in [-0.1, -0.05) is 0 Å². The third kappa shape index (κ3) is 3.44. The summed E-state index contributed by atoms with van der Waals surface area (Å²) in [5.41, 5.74) is 1.37. The molecule has 3 heterocycles. The van der Waals surface area contributed by atoms with Crippen LogP contribution in [0.25, 0.3) is 0 Å². The Kier molecular flexibility index (Phi) is 3.93. The minimum Gasteiger partial charge on any atom is -0.377 e. The number of pyridine rings is 1. The molecule has 0 amide bonds. The van der Waals surface area contributed by atoms with E-state index in [1.165, 1.54) is 44.5 Å². The summed E-state index contributed by atoms with van der Waals surface area (Å²) in [6.45, 7) is 6.77. The quantitative estimate of drug-likeness (QED) is 0.825. The van der Waals surface area contributed by atoms with Crippen molar-refractivity contribution >= 4 is 0 Å². The van der Waals surface area contributed by atoms with Crippen molar-refractivity contribution in [3.63, 3.8) is 0 Å². The summed E-state index contributed by atoms with van der Waals surface area (Å²) in [5, 5.41) is 0. The second-order valence-corrected chi connectivity index (χ2v) is 6.87.